The average Bonchev–Trinajstić information content (AvgIpc) is 2.68. The van der Waals surface area contributed by atoms with Crippen molar-refractivity contribution < 1.29 is 17.6 Å². The largest absolute Gasteiger partial charge is 0.461 e. The minimum Gasteiger partial charge on any atom is -0.461 e. The number of rotatable bonds is 6. The van der Waals surface area contributed by atoms with Gasteiger partial charge in [0.1, 0.15) is 11.3 Å². The highest BCUT2D eigenvalue weighted by molar-refractivity contribution is 5.82. The highest BCUT2D eigenvalue weighted by atomic mass is 19.4. The molecule has 1 aromatic heterocycles. The van der Waals surface area contributed by atoms with E-state index in [1.165, 1.54) is 0 Å². The molecule has 2 aromatic rings. The number of furan rings is 1. The van der Waals surface area contributed by atoms with Gasteiger partial charge in [0.15, 0.2) is 0 Å². The van der Waals surface area contributed by atoms with Crippen molar-refractivity contribution in [1.29, 1.82) is 0 Å². The lowest BCUT2D eigenvalue weighted by atomic mass is 10.1. The van der Waals surface area contributed by atoms with Gasteiger partial charge in [-0.25, -0.2) is 0 Å². The van der Waals surface area contributed by atoms with Crippen molar-refractivity contribution in [2.24, 2.45) is 0 Å². The van der Waals surface area contributed by atoms with Crippen LogP contribution in [0, 0.1) is 6.92 Å². The summed E-state index contributed by atoms with van der Waals surface area (Å²) in [6, 6.07) is 7.77. The first-order chi connectivity index (χ1) is 9.47. The number of para-hydroxylation sites is 1. The molecule has 0 spiro atoms. The lowest BCUT2D eigenvalue weighted by Gasteiger charge is -2.07. The van der Waals surface area contributed by atoms with Gasteiger partial charge in [-0.1, -0.05) is 18.2 Å². The standard InChI is InChI=1S/C15H18F3NO/c1-11-13(12-6-2-3-7-14(12)20-11)10-19-9-5-4-8-15(16,17)18/h2-3,6-7,19H,4-5,8-10H2,1H3. The van der Waals surface area contributed by atoms with Crippen LogP contribution in [0.4, 0.5) is 13.2 Å². The average molecular weight is 285 g/mol. The number of alkyl halides is 3. The topological polar surface area (TPSA) is 25.2 Å². The summed E-state index contributed by atoms with van der Waals surface area (Å²) in [7, 11) is 0. The van der Waals surface area contributed by atoms with Crippen LogP contribution >= 0.6 is 0 Å². The number of aryl methyl sites for hydroxylation is 1. The van der Waals surface area contributed by atoms with Crippen LogP contribution in [0.25, 0.3) is 11.0 Å². The summed E-state index contributed by atoms with van der Waals surface area (Å²) in [4.78, 5) is 0. The van der Waals surface area contributed by atoms with Crippen LogP contribution < -0.4 is 5.32 Å². The second-order valence-corrected chi connectivity index (χ2v) is 4.88. The summed E-state index contributed by atoms with van der Waals surface area (Å²) >= 11 is 0. The fraction of sp³-hybridized carbons (Fsp3) is 0.467. The molecule has 1 heterocycles. The van der Waals surface area contributed by atoms with Crippen molar-refractivity contribution >= 4 is 11.0 Å². The predicted molar refractivity (Wildman–Crippen MR) is 72.6 cm³/mol. The summed E-state index contributed by atoms with van der Waals surface area (Å²) < 4.78 is 41.6. The quantitative estimate of drug-likeness (QED) is 0.787. The zero-order chi connectivity index (χ0) is 14.6. The Kier molecular flexibility index (Phi) is 4.70. The maximum absolute atomic E-state index is 12.0. The first kappa shape index (κ1) is 14.9. The Balaban J connectivity index is 1.80. The summed E-state index contributed by atoms with van der Waals surface area (Å²) in [6.07, 6.45) is -4.06. The summed E-state index contributed by atoms with van der Waals surface area (Å²) in [5, 5.41) is 4.24. The molecule has 0 atom stereocenters. The minimum atomic E-state index is -4.04. The van der Waals surface area contributed by atoms with Crippen LogP contribution in [0.15, 0.2) is 28.7 Å². The molecule has 0 aliphatic rings. The van der Waals surface area contributed by atoms with Gasteiger partial charge in [0.25, 0.3) is 0 Å². The molecular weight excluding hydrogens is 267 g/mol. The van der Waals surface area contributed by atoms with Gasteiger partial charge in [0, 0.05) is 23.9 Å². The number of unbranched alkanes of at least 4 members (excludes halogenated alkanes) is 1. The van der Waals surface area contributed by atoms with Gasteiger partial charge in [-0.3, -0.25) is 0 Å². The molecule has 0 aliphatic carbocycles. The molecule has 2 rings (SSSR count). The molecular formula is C15H18F3NO. The first-order valence-electron chi connectivity index (χ1n) is 6.72. The number of benzene rings is 1. The molecule has 0 unspecified atom stereocenters. The molecule has 5 heteroatoms. The van der Waals surface area contributed by atoms with Gasteiger partial charge in [0.2, 0.25) is 0 Å². The highest BCUT2D eigenvalue weighted by Gasteiger charge is 2.25. The van der Waals surface area contributed by atoms with Gasteiger partial charge in [0.05, 0.1) is 0 Å². The first-order valence-corrected chi connectivity index (χ1v) is 6.72. The van der Waals surface area contributed by atoms with Crippen molar-refractivity contribution in [3.8, 4) is 0 Å². The van der Waals surface area contributed by atoms with E-state index in [0.717, 1.165) is 22.3 Å². The third-order valence-electron chi connectivity index (χ3n) is 3.27. The number of fused-ring (bicyclic) bond motifs is 1. The number of nitrogens with one attached hydrogen (secondary N) is 1. The number of hydrogen-bond acceptors (Lipinski definition) is 2. The summed E-state index contributed by atoms with van der Waals surface area (Å²) in [5.74, 6) is 0.856. The Hall–Kier alpha value is -1.49. The van der Waals surface area contributed by atoms with E-state index in [1.807, 2.05) is 31.2 Å². The maximum Gasteiger partial charge on any atom is 0.389 e. The van der Waals surface area contributed by atoms with E-state index in [2.05, 4.69) is 5.32 Å². The number of hydrogen-bond donors (Lipinski definition) is 1. The lowest BCUT2D eigenvalue weighted by molar-refractivity contribution is -0.135. The van der Waals surface area contributed by atoms with Crippen LogP contribution in [0.3, 0.4) is 0 Å². The molecule has 0 bridgehead atoms. The van der Waals surface area contributed by atoms with Crippen molar-refractivity contribution in [3.63, 3.8) is 0 Å². The van der Waals surface area contributed by atoms with E-state index in [9.17, 15) is 13.2 Å². The van der Waals surface area contributed by atoms with Crippen molar-refractivity contribution in [3.05, 3.63) is 35.6 Å². The van der Waals surface area contributed by atoms with E-state index < -0.39 is 12.6 Å². The maximum atomic E-state index is 12.0. The Morgan fingerprint density at radius 1 is 1.15 bits per heavy atom. The SMILES string of the molecule is Cc1oc2ccccc2c1CNCCCCC(F)(F)F. The van der Waals surface area contributed by atoms with Gasteiger partial charge >= 0.3 is 6.18 Å². The van der Waals surface area contributed by atoms with Crippen molar-refractivity contribution in [1.82, 2.24) is 5.32 Å². The molecule has 0 saturated heterocycles. The molecule has 20 heavy (non-hydrogen) atoms. The zero-order valence-electron chi connectivity index (χ0n) is 11.4. The monoisotopic (exact) mass is 285 g/mol. The molecule has 1 N–H and O–H groups in total. The Morgan fingerprint density at radius 2 is 1.90 bits per heavy atom. The highest BCUT2D eigenvalue weighted by Crippen LogP contribution is 2.25. The normalized spacial score (nSPS) is 12.2. The van der Waals surface area contributed by atoms with Gasteiger partial charge in [-0.2, -0.15) is 13.2 Å². The zero-order valence-corrected chi connectivity index (χ0v) is 11.4. The fourth-order valence-corrected chi connectivity index (χ4v) is 2.23. The van der Waals surface area contributed by atoms with Crippen LogP contribution in [0.2, 0.25) is 0 Å². The van der Waals surface area contributed by atoms with Crippen LogP contribution in [-0.4, -0.2) is 12.7 Å². The molecule has 0 aliphatic heterocycles. The Bertz CT molecular complexity index is 560. The van der Waals surface area contributed by atoms with Crippen LogP contribution in [0.5, 0.6) is 0 Å². The van der Waals surface area contributed by atoms with Crippen LogP contribution in [-0.2, 0) is 6.54 Å². The van der Waals surface area contributed by atoms with E-state index >= 15 is 0 Å². The molecule has 1 aromatic carbocycles. The third kappa shape index (κ3) is 4.00. The molecule has 110 valence electrons. The van der Waals surface area contributed by atoms with Gasteiger partial charge in [-0.05, 0) is 32.4 Å². The van der Waals surface area contributed by atoms with E-state index in [-0.39, 0.29) is 6.42 Å². The van der Waals surface area contributed by atoms with E-state index in [0.29, 0.717) is 19.5 Å². The smallest absolute Gasteiger partial charge is 0.389 e. The van der Waals surface area contributed by atoms with Crippen molar-refractivity contribution in [2.75, 3.05) is 6.54 Å². The Morgan fingerprint density at radius 3 is 2.65 bits per heavy atom. The lowest BCUT2D eigenvalue weighted by Crippen LogP contribution is -2.16. The Labute approximate surface area is 116 Å². The van der Waals surface area contributed by atoms with E-state index in [4.69, 9.17) is 4.42 Å². The molecule has 0 fully saturated rings. The predicted octanol–water partition coefficient (Wildman–Crippen LogP) is 4.56. The third-order valence-corrected chi connectivity index (χ3v) is 3.27. The molecule has 0 radical (unpaired) electrons. The van der Waals surface area contributed by atoms with Gasteiger partial charge < -0.3 is 9.73 Å². The molecule has 0 amide bonds. The minimum absolute atomic E-state index is 0.168. The second-order valence-electron chi connectivity index (χ2n) is 4.88. The molecule has 0 saturated carbocycles. The summed E-state index contributed by atoms with van der Waals surface area (Å²) in [6.45, 7) is 3.10. The van der Waals surface area contributed by atoms with Gasteiger partial charge in [-0.15, -0.1) is 0 Å². The van der Waals surface area contributed by atoms with Crippen molar-refractivity contribution in [2.45, 2.75) is 38.9 Å². The number of halogens is 3. The summed E-state index contributed by atoms with van der Waals surface area (Å²) in [5.41, 5.74) is 1.93. The van der Waals surface area contributed by atoms with Crippen LogP contribution in [0.1, 0.15) is 30.6 Å². The second kappa shape index (κ2) is 6.31. The van der Waals surface area contributed by atoms with E-state index in [1.54, 1.807) is 0 Å². The fourth-order valence-electron chi connectivity index (χ4n) is 2.23. The molecule has 2 nitrogen and oxygen atoms in total.